The number of fused-ring (bicyclic) bond motifs is 1. The van der Waals surface area contributed by atoms with E-state index >= 15 is 0 Å². The van der Waals surface area contributed by atoms with Crippen molar-refractivity contribution in [3.8, 4) is 0 Å². The highest BCUT2D eigenvalue weighted by molar-refractivity contribution is 7.89. The number of imidazole rings is 1. The summed E-state index contributed by atoms with van der Waals surface area (Å²) in [6.45, 7) is 0. The van der Waals surface area contributed by atoms with E-state index in [1.807, 2.05) is 0 Å². The van der Waals surface area contributed by atoms with Gasteiger partial charge in [0.2, 0.25) is 10.0 Å². The molecule has 0 amide bonds. The van der Waals surface area contributed by atoms with Crippen LogP contribution in [0.1, 0.15) is 5.56 Å². The van der Waals surface area contributed by atoms with Crippen molar-refractivity contribution in [2.24, 2.45) is 0 Å². The van der Waals surface area contributed by atoms with Crippen LogP contribution < -0.4 is 11.4 Å². The zero-order chi connectivity index (χ0) is 15.9. The molecule has 8 heteroatoms. The van der Waals surface area contributed by atoms with Gasteiger partial charge in [0, 0.05) is 10.7 Å². The number of nitrogen functional groups attached to an aromatic ring is 1. The molecule has 0 bridgehead atoms. The molecule has 2 aromatic carbocycles. The van der Waals surface area contributed by atoms with Crippen LogP contribution in [-0.2, 0) is 15.8 Å². The fraction of sp³-hybridized carbons (Fsp3) is 0.0714. The van der Waals surface area contributed by atoms with Gasteiger partial charge in [-0.25, -0.2) is 13.2 Å². The van der Waals surface area contributed by atoms with Gasteiger partial charge in [0.15, 0.2) is 0 Å². The Morgan fingerprint density at radius 2 is 1.91 bits per heavy atom. The molecule has 1 heterocycles. The van der Waals surface area contributed by atoms with E-state index in [-0.39, 0.29) is 11.3 Å². The van der Waals surface area contributed by atoms with E-state index in [2.05, 4.69) is 4.98 Å². The zero-order valence-corrected chi connectivity index (χ0v) is 12.9. The van der Waals surface area contributed by atoms with Gasteiger partial charge in [-0.3, -0.25) is 0 Å². The van der Waals surface area contributed by atoms with Gasteiger partial charge < -0.3 is 10.7 Å². The highest BCUT2D eigenvalue weighted by Gasteiger charge is 2.22. The van der Waals surface area contributed by atoms with Gasteiger partial charge in [0.05, 0.1) is 16.8 Å². The smallest absolute Gasteiger partial charge is 0.340 e. The summed E-state index contributed by atoms with van der Waals surface area (Å²) in [4.78, 5) is 14.5. The van der Waals surface area contributed by atoms with Gasteiger partial charge in [-0.05, 0) is 29.8 Å². The van der Waals surface area contributed by atoms with E-state index < -0.39 is 15.7 Å². The molecule has 0 aliphatic rings. The Bertz CT molecular complexity index is 1020. The number of halogens is 1. The minimum Gasteiger partial charge on any atom is -0.399 e. The van der Waals surface area contributed by atoms with E-state index in [4.69, 9.17) is 17.3 Å². The van der Waals surface area contributed by atoms with Crippen LogP contribution in [0.2, 0.25) is 5.02 Å². The van der Waals surface area contributed by atoms with Crippen LogP contribution in [0.15, 0.2) is 47.3 Å². The lowest BCUT2D eigenvalue weighted by Gasteiger charge is -2.07. The van der Waals surface area contributed by atoms with Crippen molar-refractivity contribution in [3.63, 3.8) is 0 Å². The van der Waals surface area contributed by atoms with Crippen molar-refractivity contribution >= 4 is 38.3 Å². The number of nitrogens with two attached hydrogens (primary N) is 1. The Labute approximate surface area is 131 Å². The fourth-order valence-corrected chi connectivity index (χ4v) is 4.06. The van der Waals surface area contributed by atoms with Crippen LogP contribution in [-0.4, -0.2) is 17.4 Å². The molecule has 0 unspecified atom stereocenters. The maximum atomic E-state index is 12.6. The molecule has 0 radical (unpaired) electrons. The lowest BCUT2D eigenvalue weighted by Crippen LogP contribution is -2.26. The zero-order valence-electron chi connectivity index (χ0n) is 11.3. The first-order valence-electron chi connectivity index (χ1n) is 6.35. The van der Waals surface area contributed by atoms with Crippen molar-refractivity contribution < 1.29 is 8.42 Å². The monoisotopic (exact) mass is 337 g/mol. The Balaban J connectivity index is 2.18. The largest absolute Gasteiger partial charge is 0.399 e. The van der Waals surface area contributed by atoms with Crippen LogP contribution in [0.5, 0.6) is 0 Å². The summed E-state index contributed by atoms with van der Waals surface area (Å²) in [7, 11) is -3.93. The Morgan fingerprint density at radius 3 is 2.64 bits per heavy atom. The van der Waals surface area contributed by atoms with E-state index in [0.29, 0.717) is 21.8 Å². The number of hydrogen-bond acceptors (Lipinski definition) is 4. The molecular weight excluding hydrogens is 326 g/mol. The predicted molar refractivity (Wildman–Crippen MR) is 86.4 cm³/mol. The van der Waals surface area contributed by atoms with Gasteiger partial charge in [-0.2, -0.15) is 3.97 Å². The van der Waals surface area contributed by atoms with Crippen molar-refractivity contribution in [3.05, 3.63) is 63.5 Å². The van der Waals surface area contributed by atoms with Crippen LogP contribution in [0, 0.1) is 0 Å². The molecule has 0 aliphatic carbocycles. The standard InChI is InChI=1S/C14H12ClN3O3S/c15-11-4-2-1-3-9(11)8-22(20,21)18-13-7-10(16)5-6-12(13)17-14(18)19/h1-7H,8,16H2,(H,17,19). The lowest BCUT2D eigenvalue weighted by atomic mass is 10.2. The summed E-state index contributed by atoms with van der Waals surface area (Å²) < 4.78 is 25.9. The fourth-order valence-electron chi connectivity index (χ4n) is 2.25. The average molecular weight is 338 g/mol. The summed E-state index contributed by atoms with van der Waals surface area (Å²) in [5, 5.41) is 0.332. The van der Waals surface area contributed by atoms with E-state index in [0.717, 1.165) is 3.97 Å². The normalized spacial score (nSPS) is 11.9. The van der Waals surface area contributed by atoms with Crippen LogP contribution in [0.4, 0.5) is 5.69 Å². The number of aromatic amines is 1. The molecule has 0 fully saturated rings. The second kappa shape index (κ2) is 5.19. The molecule has 6 nitrogen and oxygen atoms in total. The van der Waals surface area contributed by atoms with Crippen LogP contribution in [0.3, 0.4) is 0 Å². The molecule has 114 valence electrons. The molecule has 3 N–H and O–H groups in total. The minimum absolute atomic E-state index is 0.219. The number of hydrogen-bond donors (Lipinski definition) is 2. The van der Waals surface area contributed by atoms with Gasteiger partial charge in [0.1, 0.15) is 0 Å². The summed E-state index contributed by atoms with van der Waals surface area (Å²) >= 11 is 6.00. The number of anilines is 1. The Hall–Kier alpha value is -2.25. The molecule has 1 aromatic heterocycles. The molecule has 0 saturated carbocycles. The number of nitrogens with one attached hydrogen (secondary N) is 1. The molecule has 22 heavy (non-hydrogen) atoms. The number of nitrogens with zero attached hydrogens (tertiary/aromatic N) is 1. The summed E-state index contributed by atoms with van der Waals surface area (Å²) in [6, 6.07) is 11.2. The molecule has 0 spiro atoms. The summed E-state index contributed by atoms with van der Waals surface area (Å²) in [6.07, 6.45) is 0. The third-order valence-corrected chi connectivity index (χ3v) is 5.20. The second-order valence-electron chi connectivity index (χ2n) is 4.82. The summed E-state index contributed by atoms with van der Waals surface area (Å²) in [5.74, 6) is -0.381. The minimum atomic E-state index is -3.93. The van der Waals surface area contributed by atoms with E-state index in [1.54, 1.807) is 36.4 Å². The first-order chi connectivity index (χ1) is 10.4. The molecule has 3 rings (SSSR count). The van der Waals surface area contributed by atoms with Gasteiger partial charge in [-0.15, -0.1) is 0 Å². The van der Waals surface area contributed by atoms with Crippen LogP contribution in [0.25, 0.3) is 11.0 Å². The molecule has 0 saturated heterocycles. The maximum Gasteiger partial charge on any atom is 0.340 e. The molecule has 0 aliphatic heterocycles. The van der Waals surface area contributed by atoms with E-state index in [1.165, 1.54) is 6.07 Å². The molecule has 3 aromatic rings. The van der Waals surface area contributed by atoms with Gasteiger partial charge in [0.25, 0.3) is 0 Å². The Kier molecular flexibility index (Phi) is 3.46. The number of aromatic nitrogens is 2. The van der Waals surface area contributed by atoms with E-state index in [9.17, 15) is 13.2 Å². The predicted octanol–water partition coefficient (Wildman–Crippen LogP) is 1.94. The molecular formula is C14H12ClN3O3S. The lowest BCUT2D eigenvalue weighted by molar-refractivity contribution is 0.586. The topological polar surface area (TPSA) is 97.9 Å². The number of H-pyrrole nitrogens is 1. The third-order valence-electron chi connectivity index (χ3n) is 3.24. The molecule has 0 atom stereocenters. The maximum absolute atomic E-state index is 12.6. The number of rotatable bonds is 3. The van der Waals surface area contributed by atoms with Crippen LogP contribution >= 0.6 is 11.6 Å². The van der Waals surface area contributed by atoms with Crippen molar-refractivity contribution in [2.45, 2.75) is 5.75 Å². The van der Waals surface area contributed by atoms with Crippen molar-refractivity contribution in [2.75, 3.05) is 5.73 Å². The Morgan fingerprint density at radius 1 is 1.18 bits per heavy atom. The highest BCUT2D eigenvalue weighted by Crippen LogP contribution is 2.21. The van der Waals surface area contributed by atoms with Gasteiger partial charge >= 0.3 is 5.69 Å². The summed E-state index contributed by atoms with van der Waals surface area (Å²) in [5.41, 5.74) is 6.37. The highest BCUT2D eigenvalue weighted by atomic mass is 35.5. The quantitative estimate of drug-likeness (QED) is 0.713. The SMILES string of the molecule is Nc1ccc2[nH]c(=O)n(S(=O)(=O)Cc3ccccc3Cl)c2c1. The van der Waals surface area contributed by atoms with Gasteiger partial charge in [-0.1, -0.05) is 29.8 Å². The first kappa shape index (κ1) is 14.7. The van der Waals surface area contributed by atoms with Crippen molar-refractivity contribution in [1.29, 1.82) is 0 Å². The first-order valence-corrected chi connectivity index (χ1v) is 8.34. The average Bonchev–Trinajstić information content (AvgIpc) is 2.77. The number of benzene rings is 2. The van der Waals surface area contributed by atoms with Crippen molar-refractivity contribution in [1.82, 2.24) is 8.96 Å². The second-order valence-corrected chi connectivity index (χ2v) is 7.04. The third kappa shape index (κ3) is 2.49.